The van der Waals surface area contributed by atoms with E-state index in [0.29, 0.717) is 0 Å². The smallest absolute Gasteiger partial charge is 0.347 e. The van der Waals surface area contributed by atoms with Crippen LogP contribution in [0.3, 0.4) is 0 Å². The van der Waals surface area contributed by atoms with Gasteiger partial charge in [0.2, 0.25) is 4.51 Å². The lowest BCUT2D eigenvalue weighted by atomic mass is 10.0. The highest BCUT2D eigenvalue weighted by atomic mass is 79.9. The molecule has 0 radical (unpaired) electrons. The maximum absolute atomic E-state index is 10.7. The number of alkyl halides is 1. The molecular weight excluding hydrogens is 344 g/mol. The van der Waals surface area contributed by atoms with E-state index in [4.69, 9.17) is 5.11 Å². The van der Waals surface area contributed by atoms with E-state index in [1.165, 1.54) is 70.6 Å². The lowest BCUT2D eigenvalue weighted by molar-refractivity contribution is -0.149. The number of carboxylic acids is 1. The van der Waals surface area contributed by atoms with E-state index in [0.717, 1.165) is 19.3 Å². The molecule has 2 N–H and O–H groups in total. The van der Waals surface area contributed by atoms with E-state index in [9.17, 15) is 9.90 Å². The van der Waals surface area contributed by atoms with E-state index in [2.05, 4.69) is 22.9 Å². The van der Waals surface area contributed by atoms with Gasteiger partial charge in [-0.3, -0.25) is 0 Å². The summed E-state index contributed by atoms with van der Waals surface area (Å²) >= 11 is 2.84. The first-order valence-electron chi connectivity index (χ1n) is 9.15. The maximum Gasteiger partial charge on any atom is 0.347 e. The zero-order chi connectivity index (χ0) is 16.7. The largest absolute Gasteiger partial charge is 0.478 e. The van der Waals surface area contributed by atoms with Crippen molar-refractivity contribution in [2.45, 2.75) is 108 Å². The first kappa shape index (κ1) is 21.9. The third-order valence-corrected chi connectivity index (χ3v) is 4.93. The highest BCUT2D eigenvalue weighted by molar-refractivity contribution is 9.10. The van der Waals surface area contributed by atoms with Gasteiger partial charge in [0.05, 0.1) is 0 Å². The van der Waals surface area contributed by atoms with Gasteiger partial charge in [0, 0.05) is 0 Å². The Morgan fingerprint density at radius 3 is 1.41 bits per heavy atom. The predicted octanol–water partition coefficient (Wildman–Crippen LogP) is 6.03. The molecule has 1 unspecified atom stereocenters. The molecule has 1 atom stereocenters. The SMILES string of the molecule is CCCCCCCCCCCCCCCCC(O)(Br)C(=O)O. The summed E-state index contributed by atoms with van der Waals surface area (Å²) in [7, 11) is 0. The fraction of sp³-hybridized carbons (Fsp3) is 0.944. The number of halogens is 1. The zero-order valence-electron chi connectivity index (χ0n) is 14.3. The Morgan fingerprint density at radius 2 is 1.09 bits per heavy atom. The number of hydrogen-bond donors (Lipinski definition) is 2. The summed E-state index contributed by atoms with van der Waals surface area (Å²) < 4.78 is -1.73. The molecule has 0 aliphatic heterocycles. The van der Waals surface area contributed by atoms with Crippen molar-refractivity contribution in [1.29, 1.82) is 0 Å². The predicted molar refractivity (Wildman–Crippen MR) is 96.4 cm³/mol. The van der Waals surface area contributed by atoms with Gasteiger partial charge in [0.15, 0.2) is 0 Å². The minimum Gasteiger partial charge on any atom is -0.478 e. The summed E-state index contributed by atoms with van der Waals surface area (Å²) in [6.07, 6.45) is 18.1. The van der Waals surface area contributed by atoms with Crippen LogP contribution in [0, 0.1) is 0 Å². The molecule has 0 bridgehead atoms. The van der Waals surface area contributed by atoms with E-state index in [1.54, 1.807) is 0 Å². The van der Waals surface area contributed by atoms with Crippen LogP contribution >= 0.6 is 15.9 Å². The fourth-order valence-electron chi connectivity index (χ4n) is 2.66. The van der Waals surface area contributed by atoms with Crippen molar-refractivity contribution in [3.05, 3.63) is 0 Å². The quantitative estimate of drug-likeness (QED) is 0.254. The minimum atomic E-state index is -1.73. The Kier molecular flexibility index (Phi) is 14.4. The van der Waals surface area contributed by atoms with Crippen LogP contribution in [0.2, 0.25) is 0 Å². The van der Waals surface area contributed by atoms with Crippen LogP contribution in [-0.2, 0) is 4.79 Å². The normalized spacial score (nSPS) is 14.0. The summed E-state index contributed by atoms with van der Waals surface area (Å²) in [5.41, 5.74) is 0. The number of unbranched alkanes of at least 4 members (excludes halogenated alkanes) is 13. The molecule has 0 spiro atoms. The van der Waals surface area contributed by atoms with Gasteiger partial charge in [-0.2, -0.15) is 0 Å². The third-order valence-electron chi connectivity index (χ3n) is 4.19. The van der Waals surface area contributed by atoms with Crippen LogP contribution in [0.5, 0.6) is 0 Å². The summed E-state index contributed by atoms with van der Waals surface area (Å²) in [5, 5.41) is 18.2. The molecule has 0 saturated carbocycles. The van der Waals surface area contributed by atoms with Crippen molar-refractivity contribution in [2.75, 3.05) is 0 Å². The second-order valence-electron chi connectivity index (χ2n) is 6.41. The standard InChI is InChI=1S/C18H35BrO3/c1-2-3-4-5-6-7-8-9-10-11-12-13-14-15-16-18(19,22)17(20)21/h22H,2-16H2,1H3,(H,20,21). The first-order chi connectivity index (χ1) is 10.5. The summed E-state index contributed by atoms with van der Waals surface area (Å²) in [4.78, 5) is 10.7. The van der Waals surface area contributed by atoms with Crippen LogP contribution in [0.1, 0.15) is 103 Å². The van der Waals surface area contributed by atoms with Crippen molar-refractivity contribution in [2.24, 2.45) is 0 Å². The van der Waals surface area contributed by atoms with E-state index in [1.807, 2.05) is 0 Å². The molecule has 0 aromatic heterocycles. The summed E-state index contributed by atoms with van der Waals surface area (Å²) in [6, 6.07) is 0. The molecule has 3 nitrogen and oxygen atoms in total. The lowest BCUT2D eigenvalue weighted by Crippen LogP contribution is -2.30. The van der Waals surface area contributed by atoms with Crippen LogP contribution in [0.15, 0.2) is 0 Å². The Balaban J connectivity index is 3.16. The van der Waals surface area contributed by atoms with Crippen LogP contribution in [-0.4, -0.2) is 20.7 Å². The molecule has 0 amide bonds. The molecule has 0 heterocycles. The number of rotatable bonds is 16. The second kappa shape index (κ2) is 14.5. The van der Waals surface area contributed by atoms with Crippen molar-refractivity contribution in [3.8, 4) is 0 Å². The van der Waals surface area contributed by atoms with E-state index >= 15 is 0 Å². The summed E-state index contributed by atoms with van der Waals surface area (Å²) in [5.74, 6) is -1.19. The Labute approximate surface area is 145 Å². The molecule has 0 fully saturated rings. The third kappa shape index (κ3) is 13.6. The Hall–Kier alpha value is -0.0900. The summed E-state index contributed by atoms with van der Waals surface area (Å²) in [6.45, 7) is 2.26. The Bertz CT molecular complexity index is 267. The monoisotopic (exact) mass is 378 g/mol. The van der Waals surface area contributed by atoms with Crippen LogP contribution in [0.4, 0.5) is 0 Å². The molecule has 0 aliphatic rings. The average molecular weight is 379 g/mol. The molecule has 0 aliphatic carbocycles. The molecule has 132 valence electrons. The number of aliphatic hydroxyl groups is 1. The molecule has 22 heavy (non-hydrogen) atoms. The maximum atomic E-state index is 10.7. The van der Waals surface area contributed by atoms with Crippen molar-refractivity contribution < 1.29 is 15.0 Å². The average Bonchev–Trinajstić information content (AvgIpc) is 2.47. The van der Waals surface area contributed by atoms with Crippen molar-refractivity contribution in [1.82, 2.24) is 0 Å². The van der Waals surface area contributed by atoms with Crippen molar-refractivity contribution >= 4 is 21.9 Å². The zero-order valence-corrected chi connectivity index (χ0v) is 15.9. The number of carbonyl (C=O) groups is 1. The van der Waals surface area contributed by atoms with Gasteiger partial charge >= 0.3 is 5.97 Å². The topological polar surface area (TPSA) is 57.5 Å². The fourth-order valence-corrected chi connectivity index (χ4v) is 2.94. The van der Waals surface area contributed by atoms with Gasteiger partial charge in [-0.05, 0) is 28.8 Å². The minimum absolute atomic E-state index is 0.278. The first-order valence-corrected chi connectivity index (χ1v) is 9.94. The molecule has 0 saturated heterocycles. The molecular formula is C18H35BrO3. The molecule has 4 heteroatoms. The number of hydrogen-bond acceptors (Lipinski definition) is 2. The second-order valence-corrected chi connectivity index (χ2v) is 7.72. The number of carboxylic acid groups (broad SMARTS) is 1. The van der Waals surface area contributed by atoms with Crippen LogP contribution in [0.25, 0.3) is 0 Å². The Morgan fingerprint density at radius 1 is 0.773 bits per heavy atom. The molecule has 0 aromatic rings. The van der Waals surface area contributed by atoms with Gasteiger partial charge in [0.25, 0.3) is 0 Å². The van der Waals surface area contributed by atoms with Crippen LogP contribution < -0.4 is 0 Å². The van der Waals surface area contributed by atoms with Gasteiger partial charge in [0.1, 0.15) is 0 Å². The molecule has 0 rings (SSSR count). The van der Waals surface area contributed by atoms with E-state index in [-0.39, 0.29) is 6.42 Å². The molecule has 0 aromatic carbocycles. The van der Waals surface area contributed by atoms with Gasteiger partial charge < -0.3 is 10.2 Å². The highest BCUT2D eigenvalue weighted by Crippen LogP contribution is 2.23. The highest BCUT2D eigenvalue weighted by Gasteiger charge is 2.31. The van der Waals surface area contributed by atoms with E-state index < -0.39 is 10.5 Å². The lowest BCUT2D eigenvalue weighted by Gasteiger charge is -2.14. The van der Waals surface area contributed by atoms with Gasteiger partial charge in [-0.1, -0.05) is 90.4 Å². The van der Waals surface area contributed by atoms with Crippen molar-refractivity contribution in [3.63, 3.8) is 0 Å². The van der Waals surface area contributed by atoms with Gasteiger partial charge in [-0.15, -0.1) is 0 Å². The van der Waals surface area contributed by atoms with Gasteiger partial charge in [-0.25, -0.2) is 4.79 Å². The number of aliphatic carboxylic acids is 1.